The molecule has 0 aliphatic heterocycles. The Hall–Kier alpha value is -2.83. The lowest BCUT2D eigenvalue weighted by molar-refractivity contribution is 0.340. The average molecular weight is 423 g/mol. The van der Waals surface area contributed by atoms with Gasteiger partial charge in [0.2, 0.25) is 0 Å². The first kappa shape index (κ1) is 19.5. The second-order valence-corrected chi connectivity index (χ2v) is 7.60. The third-order valence-corrected chi connectivity index (χ3v) is 5.51. The molecule has 29 heavy (non-hydrogen) atoms. The van der Waals surface area contributed by atoms with Gasteiger partial charge in [-0.15, -0.1) is 10.2 Å². The van der Waals surface area contributed by atoms with Crippen LogP contribution in [0.1, 0.15) is 12.5 Å². The summed E-state index contributed by atoms with van der Waals surface area (Å²) in [5, 5.41) is 10.5. The number of thioether (sulfide) groups is 1. The lowest BCUT2D eigenvalue weighted by Gasteiger charge is -2.11. The normalized spacial score (nSPS) is 10.8. The van der Waals surface area contributed by atoms with Gasteiger partial charge < -0.3 is 4.74 Å². The van der Waals surface area contributed by atoms with E-state index in [0.717, 1.165) is 38.8 Å². The highest BCUT2D eigenvalue weighted by Gasteiger charge is 2.16. The SMILES string of the molecule is CCOc1ccc(-n2c(SCc3ccc(Cl)cc3)nnc2-c2ccncc2)cc1. The molecule has 4 rings (SSSR count). The van der Waals surface area contributed by atoms with Crippen molar-refractivity contribution < 1.29 is 4.74 Å². The van der Waals surface area contributed by atoms with E-state index < -0.39 is 0 Å². The molecular weight excluding hydrogens is 404 g/mol. The quantitative estimate of drug-likeness (QED) is 0.359. The molecular formula is C22H19ClN4OS. The molecule has 7 heteroatoms. The molecule has 0 fully saturated rings. The van der Waals surface area contributed by atoms with Crippen LogP contribution in [0.15, 0.2) is 78.2 Å². The van der Waals surface area contributed by atoms with Crippen molar-refractivity contribution in [2.75, 3.05) is 6.61 Å². The summed E-state index contributed by atoms with van der Waals surface area (Å²) in [6.07, 6.45) is 3.51. The molecule has 0 unspecified atom stereocenters. The van der Waals surface area contributed by atoms with Gasteiger partial charge >= 0.3 is 0 Å². The summed E-state index contributed by atoms with van der Waals surface area (Å²) in [4.78, 5) is 4.11. The fourth-order valence-corrected chi connectivity index (χ4v) is 3.90. The van der Waals surface area contributed by atoms with Gasteiger partial charge in [-0.1, -0.05) is 35.5 Å². The van der Waals surface area contributed by atoms with E-state index in [1.54, 1.807) is 24.2 Å². The summed E-state index contributed by atoms with van der Waals surface area (Å²) in [6.45, 7) is 2.61. The maximum Gasteiger partial charge on any atom is 0.196 e. The van der Waals surface area contributed by atoms with E-state index in [0.29, 0.717) is 6.61 Å². The minimum absolute atomic E-state index is 0.635. The summed E-state index contributed by atoms with van der Waals surface area (Å²) < 4.78 is 7.63. The number of rotatable bonds is 7. The smallest absolute Gasteiger partial charge is 0.196 e. The Morgan fingerprint density at radius 2 is 1.66 bits per heavy atom. The Labute approximate surface area is 178 Å². The number of hydrogen-bond acceptors (Lipinski definition) is 5. The van der Waals surface area contributed by atoms with E-state index in [-0.39, 0.29) is 0 Å². The Balaban J connectivity index is 1.69. The molecule has 146 valence electrons. The van der Waals surface area contributed by atoms with Crippen LogP contribution >= 0.6 is 23.4 Å². The third kappa shape index (κ3) is 4.60. The average Bonchev–Trinajstić information content (AvgIpc) is 3.19. The van der Waals surface area contributed by atoms with Crippen molar-refractivity contribution in [3.8, 4) is 22.8 Å². The molecule has 0 aliphatic rings. The predicted molar refractivity (Wildman–Crippen MR) is 117 cm³/mol. The van der Waals surface area contributed by atoms with Gasteiger partial charge in [0.05, 0.1) is 6.61 Å². The van der Waals surface area contributed by atoms with E-state index in [1.807, 2.05) is 67.6 Å². The van der Waals surface area contributed by atoms with Crippen LogP contribution in [0, 0.1) is 0 Å². The van der Waals surface area contributed by atoms with Gasteiger partial charge in [0.25, 0.3) is 0 Å². The van der Waals surface area contributed by atoms with Gasteiger partial charge in [0, 0.05) is 34.4 Å². The monoisotopic (exact) mass is 422 g/mol. The first-order valence-electron chi connectivity index (χ1n) is 9.21. The Morgan fingerprint density at radius 1 is 0.931 bits per heavy atom. The molecule has 0 spiro atoms. The molecule has 0 aliphatic carbocycles. The van der Waals surface area contributed by atoms with Crippen molar-refractivity contribution in [1.29, 1.82) is 0 Å². The first-order chi connectivity index (χ1) is 14.2. The number of nitrogens with zero attached hydrogens (tertiary/aromatic N) is 4. The van der Waals surface area contributed by atoms with Crippen molar-refractivity contribution in [2.45, 2.75) is 17.8 Å². The summed E-state index contributed by atoms with van der Waals surface area (Å²) in [5.74, 6) is 2.38. The van der Waals surface area contributed by atoms with E-state index in [2.05, 4.69) is 19.7 Å². The number of hydrogen-bond donors (Lipinski definition) is 0. The van der Waals surface area contributed by atoms with Crippen LogP contribution < -0.4 is 4.74 Å². The zero-order valence-corrected chi connectivity index (χ0v) is 17.4. The number of ether oxygens (including phenoxy) is 1. The van der Waals surface area contributed by atoms with E-state index in [4.69, 9.17) is 16.3 Å². The molecule has 0 N–H and O–H groups in total. The topological polar surface area (TPSA) is 52.8 Å². The summed E-state index contributed by atoms with van der Waals surface area (Å²) in [7, 11) is 0. The Morgan fingerprint density at radius 3 is 2.34 bits per heavy atom. The maximum absolute atomic E-state index is 5.99. The molecule has 4 aromatic rings. The van der Waals surface area contributed by atoms with Crippen LogP contribution in [0.3, 0.4) is 0 Å². The van der Waals surface area contributed by atoms with Crippen LogP contribution in [0.5, 0.6) is 5.75 Å². The summed E-state index contributed by atoms with van der Waals surface area (Å²) in [6, 6.07) is 19.7. The van der Waals surface area contributed by atoms with Crippen molar-refractivity contribution in [3.63, 3.8) is 0 Å². The van der Waals surface area contributed by atoms with Gasteiger partial charge in [0.15, 0.2) is 11.0 Å². The lowest BCUT2D eigenvalue weighted by Crippen LogP contribution is -2.00. The summed E-state index contributed by atoms with van der Waals surface area (Å²) >= 11 is 7.62. The second-order valence-electron chi connectivity index (χ2n) is 6.22. The van der Waals surface area contributed by atoms with Crippen molar-refractivity contribution in [2.24, 2.45) is 0 Å². The van der Waals surface area contributed by atoms with Crippen LogP contribution in [0.4, 0.5) is 0 Å². The highest BCUT2D eigenvalue weighted by Crippen LogP contribution is 2.30. The fourth-order valence-electron chi connectivity index (χ4n) is 2.87. The van der Waals surface area contributed by atoms with E-state index >= 15 is 0 Å². The molecule has 2 aromatic heterocycles. The van der Waals surface area contributed by atoms with Crippen LogP contribution in [-0.2, 0) is 5.75 Å². The van der Waals surface area contributed by atoms with Crippen LogP contribution in [-0.4, -0.2) is 26.4 Å². The van der Waals surface area contributed by atoms with Crippen molar-refractivity contribution in [3.05, 3.63) is 83.6 Å². The molecule has 2 heterocycles. The Bertz CT molecular complexity index is 1070. The van der Waals surface area contributed by atoms with Crippen LogP contribution in [0.25, 0.3) is 17.1 Å². The van der Waals surface area contributed by atoms with Gasteiger partial charge in [-0.05, 0) is 61.0 Å². The second kappa shape index (κ2) is 9.11. The standard InChI is InChI=1S/C22H19ClN4OS/c1-2-28-20-9-7-19(8-10-20)27-21(17-11-13-24-14-12-17)25-26-22(27)29-15-16-3-5-18(23)6-4-16/h3-14H,2,15H2,1H3. The molecule has 0 saturated carbocycles. The van der Waals surface area contributed by atoms with Crippen molar-refractivity contribution in [1.82, 2.24) is 19.7 Å². The van der Waals surface area contributed by atoms with Gasteiger partial charge in [-0.2, -0.15) is 0 Å². The number of pyridine rings is 1. The lowest BCUT2D eigenvalue weighted by atomic mass is 10.2. The maximum atomic E-state index is 5.99. The predicted octanol–water partition coefficient (Wildman–Crippen LogP) is 5.67. The number of halogens is 1. The molecule has 0 radical (unpaired) electrons. The van der Waals surface area contributed by atoms with E-state index in [9.17, 15) is 0 Å². The molecule has 0 atom stereocenters. The first-order valence-corrected chi connectivity index (χ1v) is 10.6. The molecule has 0 amide bonds. The highest BCUT2D eigenvalue weighted by atomic mass is 35.5. The summed E-state index contributed by atoms with van der Waals surface area (Å²) in [5.41, 5.74) is 3.11. The zero-order chi connectivity index (χ0) is 20.1. The number of benzene rings is 2. The highest BCUT2D eigenvalue weighted by molar-refractivity contribution is 7.98. The third-order valence-electron chi connectivity index (χ3n) is 4.26. The van der Waals surface area contributed by atoms with Gasteiger partial charge in [-0.3, -0.25) is 9.55 Å². The largest absolute Gasteiger partial charge is 0.494 e. The van der Waals surface area contributed by atoms with Gasteiger partial charge in [0.1, 0.15) is 5.75 Å². The van der Waals surface area contributed by atoms with Crippen LogP contribution in [0.2, 0.25) is 5.02 Å². The van der Waals surface area contributed by atoms with Gasteiger partial charge in [-0.25, -0.2) is 0 Å². The molecule has 5 nitrogen and oxygen atoms in total. The Kier molecular flexibility index (Phi) is 6.12. The minimum Gasteiger partial charge on any atom is -0.494 e. The minimum atomic E-state index is 0.635. The molecule has 0 saturated heterocycles. The zero-order valence-electron chi connectivity index (χ0n) is 15.8. The fraction of sp³-hybridized carbons (Fsp3) is 0.136. The van der Waals surface area contributed by atoms with Crippen molar-refractivity contribution >= 4 is 23.4 Å². The van der Waals surface area contributed by atoms with E-state index in [1.165, 1.54) is 5.56 Å². The molecule has 2 aromatic carbocycles. The molecule has 0 bridgehead atoms. The number of aromatic nitrogens is 4.